The first kappa shape index (κ1) is 22.4. The van der Waals surface area contributed by atoms with E-state index in [0.29, 0.717) is 29.0 Å². The quantitative estimate of drug-likeness (QED) is 0.394. The number of nitrogens with one attached hydrogen (secondary N) is 1. The lowest BCUT2D eigenvalue weighted by Gasteiger charge is -2.26. The van der Waals surface area contributed by atoms with E-state index in [9.17, 15) is 18.8 Å². The van der Waals surface area contributed by atoms with Gasteiger partial charge in [0.1, 0.15) is 17.1 Å². The second-order valence-corrected chi connectivity index (χ2v) is 8.19. The molecule has 1 N–H and O–H groups in total. The number of benzene rings is 3. The molecule has 1 aliphatic heterocycles. The van der Waals surface area contributed by atoms with Crippen LogP contribution >= 0.6 is 15.9 Å². The van der Waals surface area contributed by atoms with Gasteiger partial charge in [-0.1, -0.05) is 46.3 Å². The zero-order valence-corrected chi connectivity index (χ0v) is 19.1. The average molecular weight is 509 g/mol. The van der Waals surface area contributed by atoms with Crippen LogP contribution in [-0.2, 0) is 16.0 Å². The lowest BCUT2D eigenvalue weighted by atomic mass is 10.0. The number of nitrogens with zero attached hydrogens (tertiary/aromatic N) is 1. The summed E-state index contributed by atoms with van der Waals surface area (Å²) in [6.45, 7) is 0. The fourth-order valence-electron chi connectivity index (χ4n) is 3.49. The summed E-state index contributed by atoms with van der Waals surface area (Å²) in [5.41, 5.74) is 1.93. The standard InChI is InChI=1S/C25H18BrFN2O4/c1-33-22-13-15(6-7-17(22)14-16-4-2-3-5-21(16)27)12-20-23(30)28-25(32)29(24(20)31)19-10-8-18(26)9-11-19/h2-13H,14H2,1H3,(H,28,30,32)/b20-12+. The maximum Gasteiger partial charge on any atom is 0.335 e. The minimum atomic E-state index is -0.817. The minimum absolute atomic E-state index is 0.193. The van der Waals surface area contributed by atoms with Gasteiger partial charge in [0.15, 0.2) is 0 Å². The molecule has 3 aromatic rings. The van der Waals surface area contributed by atoms with Crippen molar-refractivity contribution < 1.29 is 23.5 Å². The van der Waals surface area contributed by atoms with E-state index in [1.807, 2.05) is 0 Å². The predicted octanol–water partition coefficient (Wildman–Crippen LogP) is 4.85. The Morgan fingerprint density at radius 2 is 1.73 bits per heavy atom. The Kier molecular flexibility index (Phi) is 6.37. The summed E-state index contributed by atoms with van der Waals surface area (Å²) in [7, 11) is 1.49. The first-order valence-electron chi connectivity index (χ1n) is 9.94. The molecule has 0 bridgehead atoms. The molecule has 166 valence electrons. The number of carbonyl (C=O) groups excluding carboxylic acids is 3. The highest BCUT2D eigenvalue weighted by Gasteiger charge is 2.36. The highest BCUT2D eigenvalue weighted by Crippen LogP contribution is 2.27. The number of hydrogen-bond donors (Lipinski definition) is 1. The Bertz CT molecular complexity index is 1290. The average Bonchev–Trinajstić information content (AvgIpc) is 2.80. The summed E-state index contributed by atoms with van der Waals surface area (Å²) in [6.07, 6.45) is 1.71. The number of rotatable bonds is 5. The molecule has 1 fully saturated rings. The number of imide groups is 2. The summed E-state index contributed by atoms with van der Waals surface area (Å²) < 4.78 is 20.3. The maximum atomic E-state index is 14.0. The van der Waals surface area contributed by atoms with Crippen molar-refractivity contribution in [3.63, 3.8) is 0 Å². The lowest BCUT2D eigenvalue weighted by molar-refractivity contribution is -0.122. The number of anilines is 1. The van der Waals surface area contributed by atoms with E-state index < -0.39 is 17.8 Å². The van der Waals surface area contributed by atoms with Gasteiger partial charge in [-0.05, 0) is 59.2 Å². The molecule has 8 heteroatoms. The third kappa shape index (κ3) is 4.70. The molecule has 3 aromatic carbocycles. The third-order valence-electron chi connectivity index (χ3n) is 5.15. The Morgan fingerprint density at radius 1 is 1.00 bits per heavy atom. The van der Waals surface area contributed by atoms with Crippen LogP contribution in [0.4, 0.5) is 14.9 Å². The van der Waals surface area contributed by atoms with Gasteiger partial charge in [-0.15, -0.1) is 0 Å². The molecule has 0 radical (unpaired) electrons. The van der Waals surface area contributed by atoms with Crippen molar-refractivity contribution in [2.75, 3.05) is 12.0 Å². The summed E-state index contributed by atoms with van der Waals surface area (Å²) >= 11 is 3.31. The van der Waals surface area contributed by atoms with Gasteiger partial charge in [0.05, 0.1) is 12.8 Å². The SMILES string of the molecule is COc1cc(/C=C2\C(=O)NC(=O)N(c3ccc(Br)cc3)C2=O)ccc1Cc1ccccc1F. The summed E-state index contributed by atoms with van der Waals surface area (Å²) in [5.74, 6) is -1.35. The zero-order valence-electron chi connectivity index (χ0n) is 17.5. The van der Waals surface area contributed by atoms with Crippen molar-refractivity contribution in [2.45, 2.75) is 6.42 Å². The molecule has 0 aliphatic carbocycles. The second-order valence-electron chi connectivity index (χ2n) is 7.27. The Hall–Kier alpha value is -3.78. The fourth-order valence-corrected chi connectivity index (χ4v) is 3.76. The van der Waals surface area contributed by atoms with Gasteiger partial charge >= 0.3 is 6.03 Å². The topological polar surface area (TPSA) is 75.7 Å². The molecule has 4 amide bonds. The van der Waals surface area contributed by atoms with Gasteiger partial charge in [-0.2, -0.15) is 0 Å². The summed E-state index contributed by atoms with van der Waals surface area (Å²) in [6, 6.07) is 17.3. The number of hydrogen-bond acceptors (Lipinski definition) is 4. The van der Waals surface area contributed by atoms with Crippen LogP contribution in [0.25, 0.3) is 6.08 Å². The zero-order chi connectivity index (χ0) is 23.5. The number of amides is 4. The highest BCUT2D eigenvalue weighted by molar-refractivity contribution is 9.10. The first-order chi connectivity index (χ1) is 15.9. The van der Waals surface area contributed by atoms with Crippen LogP contribution in [0.5, 0.6) is 5.75 Å². The molecule has 0 atom stereocenters. The number of halogens is 2. The largest absolute Gasteiger partial charge is 0.496 e. The van der Waals surface area contributed by atoms with Gasteiger partial charge in [-0.25, -0.2) is 14.1 Å². The summed E-state index contributed by atoms with van der Waals surface area (Å²) in [5, 5.41) is 2.20. The molecule has 1 heterocycles. The molecule has 1 aliphatic rings. The molecule has 4 rings (SSSR count). The van der Waals surface area contributed by atoms with Crippen LogP contribution in [0.3, 0.4) is 0 Å². The van der Waals surface area contributed by atoms with Crippen molar-refractivity contribution in [3.8, 4) is 5.75 Å². The molecule has 0 saturated carbocycles. The molecule has 6 nitrogen and oxygen atoms in total. The second kappa shape index (κ2) is 9.38. The van der Waals surface area contributed by atoms with E-state index in [4.69, 9.17) is 4.74 Å². The van der Waals surface area contributed by atoms with Gasteiger partial charge in [0.2, 0.25) is 0 Å². The monoisotopic (exact) mass is 508 g/mol. The van der Waals surface area contributed by atoms with Crippen molar-refractivity contribution in [1.29, 1.82) is 0 Å². The number of methoxy groups -OCH3 is 1. The van der Waals surface area contributed by atoms with Crippen LogP contribution in [0.2, 0.25) is 0 Å². The van der Waals surface area contributed by atoms with Gasteiger partial charge in [0, 0.05) is 10.9 Å². The molecular weight excluding hydrogens is 491 g/mol. The van der Waals surface area contributed by atoms with Gasteiger partial charge in [-0.3, -0.25) is 14.9 Å². The Labute approximate surface area is 197 Å². The molecule has 0 spiro atoms. The highest BCUT2D eigenvalue weighted by atomic mass is 79.9. The molecule has 1 saturated heterocycles. The van der Waals surface area contributed by atoms with Gasteiger partial charge in [0.25, 0.3) is 11.8 Å². The molecular formula is C25H18BrFN2O4. The van der Waals surface area contributed by atoms with Gasteiger partial charge < -0.3 is 4.74 Å². The van der Waals surface area contributed by atoms with Crippen LogP contribution in [0.15, 0.2) is 76.8 Å². The summed E-state index contributed by atoms with van der Waals surface area (Å²) in [4.78, 5) is 38.7. The smallest absolute Gasteiger partial charge is 0.335 e. The van der Waals surface area contributed by atoms with Crippen molar-refractivity contribution in [1.82, 2.24) is 5.32 Å². The first-order valence-corrected chi connectivity index (χ1v) is 10.7. The van der Waals surface area contributed by atoms with E-state index >= 15 is 0 Å². The minimum Gasteiger partial charge on any atom is -0.496 e. The van der Waals surface area contributed by atoms with E-state index in [1.165, 1.54) is 19.3 Å². The number of carbonyl (C=O) groups is 3. The number of barbiturate groups is 1. The van der Waals surface area contributed by atoms with E-state index in [2.05, 4.69) is 21.2 Å². The Balaban J connectivity index is 1.66. The van der Waals surface area contributed by atoms with Crippen LogP contribution < -0.4 is 15.0 Å². The van der Waals surface area contributed by atoms with Crippen LogP contribution in [0, 0.1) is 5.82 Å². The predicted molar refractivity (Wildman–Crippen MR) is 125 cm³/mol. The number of ether oxygens (including phenoxy) is 1. The van der Waals surface area contributed by atoms with Crippen LogP contribution in [0.1, 0.15) is 16.7 Å². The molecule has 33 heavy (non-hydrogen) atoms. The third-order valence-corrected chi connectivity index (χ3v) is 5.68. The molecule has 0 aromatic heterocycles. The Morgan fingerprint density at radius 3 is 2.42 bits per heavy atom. The fraction of sp³-hybridized carbons (Fsp3) is 0.0800. The van der Waals surface area contributed by atoms with Crippen molar-refractivity contribution >= 4 is 45.5 Å². The van der Waals surface area contributed by atoms with E-state index in [1.54, 1.807) is 60.7 Å². The van der Waals surface area contributed by atoms with E-state index in [0.717, 1.165) is 14.9 Å². The molecule has 0 unspecified atom stereocenters. The maximum absolute atomic E-state index is 14.0. The van der Waals surface area contributed by atoms with Crippen molar-refractivity contribution in [2.24, 2.45) is 0 Å². The van der Waals surface area contributed by atoms with Crippen molar-refractivity contribution in [3.05, 3.63) is 99.3 Å². The van der Waals surface area contributed by atoms with Crippen LogP contribution in [-0.4, -0.2) is 25.0 Å². The lowest BCUT2D eigenvalue weighted by Crippen LogP contribution is -2.54. The normalized spacial score (nSPS) is 15.1. The van der Waals surface area contributed by atoms with E-state index in [-0.39, 0.29) is 11.4 Å². The number of urea groups is 1.